The van der Waals surface area contributed by atoms with Crippen molar-refractivity contribution in [1.29, 1.82) is 0 Å². The Morgan fingerprint density at radius 3 is 2.59 bits per heavy atom. The van der Waals surface area contributed by atoms with Crippen LogP contribution in [0.2, 0.25) is 0 Å². The Labute approximate surface area is 174 Å². The number of aliphatic hydroxyl groups is 1. The number of hydrogen-bond donors (Lipinski definition) is 1. The number of fused-ring (bicyclic) bond motifs is 1. The molecule has 1 saturated heterocycles. The maximum atomic E-state index is 12.7. The van der Waals surface area contributed by atoms with Crippen LogP contribution in [0.5, 0.6) is 0 Å². The van der Waals surface area contributed by atoms with Gasteiger partial charge in [0, 0.05) is 32.8 Å². The molecule has 162 valence electrons. The van der Waals surface area contributed by atoms with Crippen molar-refractivity contribution in [2.24, 2.45) is 17.3 Å². The monoisotopic (exact) mass is 422 g/mol. The fourth-order valence-corrected chi connectivity index (χ4v) is 5.49. The zero-order valence-corrected chi connectivity index (χ0v) is 18.8. The van der Waals surface area contributed by atoms with Crippen molar-refractivity contribution in [2.75, 3.05) is 25.6 Å². The highest BCUT2D eigenvalue weighted by molar-refractivity contribution is 7.91. The number of hydrogen-bond acceptors (Lipinski definition) is 5. The maximum absolute atomic E-state index is 12.7. The van der Waals surface area contributed by atoms with Crippen LogP contribution in [0.15, 0.2) is 23.1 Å². The minimum atomic E-state index is -3.45. The predicted molar refractivity (Wildman–Crippen MR) is 115 cm³/mol. The second-order valence-corrected chi connectivity index (χ2v) is 11.7. The average Bonchev–Trinajstić information content (AvgIpc) is 2.97. The van der Waals surface area contributed by atoms with E-state index in [0.29, 0.717) is 5.92 Å². The number of aromatic nitrogens is 2. The molecule has 1 atom stereocenters. The molecule has 0 saturated carbocycles. The molecule has 1 aliphatic rings. The van der Waals surface area contributed by atoms with Gasteiger partial charge in [0.05, 0.1) is 21.7 Å². The van der Waals surface area contributed by atoms with Crippen molar-refractivity contribution in [2.45, 2.75) is 58.4 Å². The van der Waals surface area contributed by atoms with E-state index in [0.717, 1.165) is 55.9 Å². The first kappa shape index (κ1) is 22.2. The Morgan fingerprint density at radius 2 is 1.97 bits per heavy atom. The fraction of sp³-hybridized carbons (Fsp3) is 0.682. The number of ether oxygens (including phenoxy) is 1. The Kier molecular flexibility index (Phi) is 6.70. The van der Waals surface area contributed by atoms with Gasteiger partial charge < -0.3 is 14.4 Å². The van der Waals surface area contributed by atoms with E-state index in [1.165, 1.54) is 0 Å². The van der Waals surface area contributed by atoms with Crippen molar-refractivity contribution in [3.05, 3.63) is 24.0 Å². The zero-order valence-electron chi connectivity index (χ0n) is 18.0. The second-order valence-electron chi connectivity index (χ2n) is 9.65. The molecule has 0 amide bonds. The molecule has 0 spiro atoms. The summed E-state index contributed by atoms with van der Waals surface area (Å²) < 4.78 is 33.2. The first-order valence-electron chi connectivity index (χ1n) is 10.5. The molecule has 6 nitrogen and oxygen atoms in total. The second kappa shape index (κ2) is 8.74. The van der Waals surface area contributed by atoms with Crippen molar-refractivity contribution in [3.8, 4) is 0 Å². The van der Waals surface area contributed by atoms with Gasteiger partial charge in [-0.2, -0.15) is 0 Å². The highest BCUT2D eigenvalue weighted by atomic mass is 32.2. The minimum absolute atomic E-state index is 0.0629. The summed E-state index contributed by atoms with van der Waals surface area (Å²) in [6.07, 6.45) is 2.91. The van der Waals surface area contributed by atoms with Crippen LogP contribution in [-0.4, -0.2) is 48.6 Å². The normalized spacial score (nSPS) is 17.7. The summed E-state index contributed by atoms with van der Waals surface area (Å²) in [5.41, 5.74) is 1.80. The van der Waals surface area contributed by atoms with E-state index in [9.17, 15) is 13.5 Å². The third-order valence-electron chi connectivity index (χ3n) is 5.44. The van der Waals surface area contributed by atoms with E-state index in [1.54, 1.807) is 19.1 Å². The number of imidazole rings is 1. The summed E-state index contributed by atoms with van der Waals surface area (Å²) in [4.78, 5) is 5.14. The first-order chi connectivity index (χ1) is 13.6. The Morgan fingerprint density at radius 1 is 1.28 bits per heavy atom. The van der Waals surface area contributed by atoms with Crippen LogP contribution < -0.4 is 0 Å². The quantitative estimate of drug-likeness (QED) is 0.739. The SMILES string of the molecule is CC(CO)CS(=O)(=O)c1ccc2c(c1)nc(CC(C)(C)C)n2CC1CCOCC1. The van der Waals surface area contributed by atoms with Gasteiger partial charge in [0.25, 0.3) is 0 Å². The van der Waals surface area contributed by atoms with E-state index in [1.807, 2.05) is 6.07 Å². The number of aliphatic hydroxyl groups excluding tert-OH is 1. The number of rotatable bonds is 7. The molecule has 3 rings (SSSR count). The lowest BCUT2D eigenvalue weighted by Gasteiger charge is -2.25. The van der Waals surface area contributed by atoms with E-state index in [-0.39, 0.29) is 28.6 Å². The summed E-state index contributed by atoms with van der Waals surface area (Å²) >= 11 is 0. The fourth-order valence-electron chi connectivity index (χ4n) is 3.88. The Bertz CT molecular complexity index is 938. The van der Waals surface area contributed by atoms with Crippen LogP contribution in [0.4, 0.5) is 0 Å². The lowest BCUT2D eigenvalue weighted by atomic mass is 9.91. The van der Waals surface area contributed by atoms with Crippen LogP contribution in [0.25, 0.3) is 11.0 Å². The van der Waals surface area contributed by atoms with Gasteiger partial charge in [0.15, 0.2) is 9.84 Å². The maximum Gasteiger partial charge on any atom is 0.178 e. The van der Waals surface area contributed by atoms with E-state index in [4.69, 9.17) is 9.72 Å². The smallest absolute Gasteiger partial charge is 0.178 e. The molecule has 29 heavy (non-hydrogen) atoms. The van der Waals surface area contributed by atoms with Gasteiger partial charge in [0.2, 0.25) is 0 Å². The average molecular weight is 423 g/mol. The van der Waals surface area contributed by atoms with Crippen LogP contribution in [0.3, 0.4) is 0 Å². The molecular formula is C22H34N2O4S. The molecule has 1 unspecified atom stereocenters. The topological polar surface area (TPSA) is 81.4 Å². The number of nitrogens with zero attached hydrogens (tertiary/aromatic N) is 2. The van der Waals surface area contributed by atoms with E-state index >= 15 is 0 Å². The third-order valence-corrected chi connectivity index (χ3v) is 7.42. The highest BCUT2D eigenvalue weighted by Gasteiger charge is 2.24. The van der Waals surface area contributed by atoms with E-state index < -0.39 is 9.84 Å². The minimum Gasteiger partial charge on any atom is -0.396 e. The number of benzene rings is 1. The van der Waals surface area contributed by atoms with Gasteiger partial charge in [-0.25, -0.2) is 13.4 Å². The summed E-state index contributed by atoms with van der Waals surface area (Å²) in [6.45, 7) is 10.7. The van der Waals surface area contributed by atoms with Crippen LogP contribution in [0.1, 0.15) is 46.4 Å². The predicted octanol–water partition coefficient (Wildman–Crippen LogP) is 3.45. The molecule has 7 heteroatoms. The standard InChI is InChI=1S/C22H34N2O4S/c1-16(14-25)15-29(26,27)18-5-6-20-19(11-18)23-21(12-22(2,3)4)24(20)13-17-7-9-28-10-8-17/h5-6,11,16-17,25H,7-10,12-15H2,1-4H3. The summed E-state index contributed by atoms with van der Waals surface area (Å²) in [5, 5.41) is 9.23. The van der Waals surface area contributed by atoms with Crippen LogP contribution >= 0.6 is 0 Å². The van der Waals surface area contributed by atoms with Crippen LogP contribution in [-0.2, 0) is 27.5 Å². The largest absolute Gasteiger partial charge is 0.396 e. The molecule has 1 aromatic carbocycles. The first-order valence-corrected chi connectivity index (χ1v) is 12.1. The lowest BCUT2D eigenvalue weighted by Crippen LogP contribution is -2.22. The summed E-state index contributed by atoms with van der Waals surface area (Å²) in [7, 11) is -3.45. The van der Waals surface area contributed by atoms with Gasteiger partial charge in [-0.3, -0.25) is 0 Å². The highest BCUT2D eigenvalue weighted by Crippen LogP contribution is 2.28. The molecule has 2 heterocycles. The van der Waals surface area contributed by atoms with Gasteiger partial charge in [-0.05, 0) is 48.3 Å². The zero-order chi connectivity index (χ0) is 21.2. The summed E-state index contributed by atoms with van der Waals surface area (Å²) in [5.74, 6) is 1.20. The van der Waals surface area contributed by atoms with Gasteiger partial charge in [-0.15, -0.1) is 0 Å². The van der Waals surface area contributed by atoms with Crippen molar-refractivity contribution < 1.29 is 18.3 Å². The molecule has 2 aromatic rings. The van der Waals surface area contributed by atoms with E-state index in [2.05, 4.69) is 25.3 Å². The van der Waals surface area contributed by atoms with Crippen LogP contribution in [0, 0.1) is 17.3 Å². The van der Waals surface area contributed by atoms with Crippen molar-refractivity contribution in [1.82, 2.24) is 9.55 Å². The van der Waals surface area contributed by atoms with Gasteiger partial charge >= 0.3 is 0 Å². The molecule has 0 bridgehead atoms. The molecule has 1 fully saturated rings. The molecule has 1 aromatic heterocycles. The van der Waals surface area contributed by atoms with Gasteiger partial charge in [0.1, 0.15) is 5.82 Å². The Hall–Kier alpha value is -1.44. The molecule has 1 aliphatic heterocycles. The third kappa shape index (κ3) is 5.58. The molecule has 0 radical (unpaired) electrons. The van der Waals surface area contributed by atoms with Gasteiger partial charge in [-0.1, -0.05) is 27.7 Å². The Balaban J connectivity index is 1.99. The summed E-state index contributed by atoms with van der Waals surface area (Å²) in [6, 6.07) is 5.27. The van der Waals surface area contributed by atoms with Crippen molar-refractivity contribution in [3.63, 3.8) is 0 Å². The van der Waals surface area contributed by atoms with Crippen molar-refractivity contribution >= 4 is 20.9 Å². The number of sulfone groups is 1. The molecular weight excluding hydrogens is 388 g/mol. The lowest BCUT2D eigenvalue weighted by molar-refractivity contribution is 0.0612. The molecule has 1 N–H and O–H groups in total. The molecule has 0 aliphatic carbocycles.